The quantitative estimate of drug-likeness (QED) is 0.448. The Morgan fingerprint density at radius 2 is 2.05 bits per heavy atom. The number of hydrogen-bond donors (Lipinski definition) is 3. The van der Waals surface area contributed by atoms with E-state index in [2.05, 4.69) is 15.7 Å². The molecule has 0 radical (unpaired) electrons. The van der Waals surface area contributed by atoms with Gasteiger partial charge in [-0.2, -0.15) is 0 Å². The summed E-state index contributed by atoms with van der Waals surface area (Å²) in [6, 6.07) is 7.54. The maximum Gasteiger partial charge on any atom is 0.274 e. The SMILES string of the molecule is Cc1ccc(NC(=O)c2cc(NN)ccn2)cc1[N+](=O)[O-]. The second-order valence-corrected chi connectivity index (χ2v) is 4.29. The first-order valence-electron chi connectivity index (χ1n) is 6.00. The van der Waals surface area contributed by atoms with Crippen LogP contribution in [0.5, 0.6) is 0 Å². The lowest BCUT2D eigenvalue weighted by Crippen LogP contribution is -2.15. The second-order valence-electron chi connectivity index (χ2n) is 4.29. The molecule has 8 nitrogen and oxygen atoms in total. The zero-order chi connectivity index (χ0) is 15.4. The number of aromatic nitrogens is 1. The number of nitrogen functional groups attached to an aromatic ring is 1. The molecular formula is C13H13N5O3. The van der Waals surface area contributed by atoms with Gasteiger partial charge in [-0.3, -0.25) is 25.7 Å². The minimum Gasteiger partial charge on any atom is -0.324 e. The van der Waals surface area contributed by atoms with Gasteiger partial charge in [-0.25, -0.2) is 0 Å². The Morgan fingerprint density at radius 1 is 1.29 bits per heavy atom. The molecule has 2 aromatic rings. The second kappa shape index (κ2) is 5.97. The van der Waals surface area contributed by atoms with Gasteiger partial charge in [0.2, 0.25) is 0 Å². The fourth-order valence-corrected chi connectivity index (χ4v) is 1.72. The fourth-order valence-electron chi connectivity index (χ4n) is 1.72. The number of carbonyl (C=O) groups excluding carboxylic acids is 1. The topological polar surface area (TPSA) is 123 Å². The summed E-state index contributed by atoms with van der Waals surface area (Å²) in [5, 5.41) is 13.4. The zero-order valence-electron chi connectivity index (χ0n) is 11.2. The van der Waals surface area contributed by atoms with Crippen molar-refractivity contribution in [3.8, 4) is 0 Å². The van der Waals surface area contributed by atoms with Crippen LogP contribution < -0.4 is 16.6 Å². The summed E-state index contributed by atoms with van der Waals surface area (Å²) in [4.78, 5) is 26.3. The summed E-state index contributed by atoms with van der Waals surface area (Å²) in [6.07, 6.45) is 1.43. The third-order valence-corrected chi connectivity index (χ3v) is 2.82. The van der Waals surface area contributed by atoms with Gasteiger partial charge in [-0.15, -0.1) is 0 Å². The molecular weight excluding hydrogens is 274 g/mol. The van der Waals surface area contributed by atoms with Crippen LogP contribution in [0.4, 0.5) is 17.1 Å². The number of nitrogens with two attached hydrogens (primary N) is 1. The van der Waals surface area contributed by atoms with Gasteiger partial charge in [0.15, 0.2) is 0 Å². The van der Waals surface area contributed by atoms with E-state index >= 15 is 0 Å². The molecule has 1 aromatic carbocycles. The highest BCUT2D eigenvalue weighted by Gasteiger charge is 2.14. The Hall–Kier alpha value is -3.00. The number of aryl methyl sites for hydroxylation is 1. The molecule has 0 saturated carbocycles. The van der Waals surface area contributed by atoms with Crippen molar-refractivity contribution in [2.24, 2.45) is 5.84 Å². The first-order chi connectivity index (χ1) is 10.0. The van der Waals surface area contributed by atoms with E-state index < -0.39 is 10.8 Å². The maximum atomic E-state index is 12.0. The van der Waals surface area contributed by atoms with Gasteiger partial charge in [0.05, 0.1) is 10.6 Å². The Kier molecular flexibility index (Phi) is 4.10. The molecule has 0 atom stereocenters. The maximum absolute atomic E-state index is 12.0. The van der Waals surface area contributed by atoms with E-state index in [0.29, 0.717) is 16.9 Å². The van der Waals surface area contributed by atoms with E-state index in [1.54, 1.807) is 25.1 Å². The summed E-state index contributed by atoms with van der Waals surface area (Å²) in [7, 11) is 0. The molecule has 0 aliphatic carbocycles. The Morgan fingerprint density at radius 3 is 2.71 bits per heavy atom. The van der Waals surface area contributed by atoms with Crippen LogP contribution in [0.1, 0.15) is 16.1 Å². The van der Waals surface area contributed by atoms with Crippen LogP contribution in [0.25, 0.3) is 0 Å². The average molecular weight is 287 g/mol. The molecule has 0 bridgehead atoms. The van der Waals surface area contributed by atoms with E-state index in [1.807, 2.05) is 0 Å². The number of anilines is 2. The van der Waals surface area contributed by atoms with E-state index in [9.17, 15) is 14.9 Å². The van der Waals surface area contributed by atoms with Crippen LogP contribution in [-0.4, -0.2) is 15.8 Å². The van der Waals surface area contributed by atoms with Crippen molar-refractivity contribution in [2.45, 2.75) is 6.92 Å². The highest BCUT2D eigenvalue weighted by atomic mass is 16.6. The van der Waals surface area contributed by atoms with Gasteiger partial charge in [0.1, 0.15) is 5.69 Å². The number of rotatable bonds is 4. The third kappa shape index (κ3) is 3.31. The summed E-state index contributed by atoms with van der Waals surface area (Å²) in [6.45, 7) is 1.63. The number of nitro benzene ring substituents is 1. The van der Waals surface area contributed by atoms with Crippen molar-refractivity contribution in [3.05, 3.63) is 57.9 Å². The van der Waals surface area contributed by atoms with Crippen molar-refractivity contribution < 1.29 is 9.72 Å². The average Bonchev–Trinajstić information content (AvgIpc) is 2.49. The fraction of sp³-hybridized carbons (Fsp3) is 0.0769. The van der Waals surface area contributed by atoms with E-state index in [-0.39, 0.29) is 11.4 Å². The molecule has 0 aliphatic rings. The molecule has 0 aliphatic heterocycles. The van der Waals surface area contributed by atoms with Crippen LogP contribution in [0.3, 0.4) is 0 Å². The summed E-state index contributed by atoms with van der Waals surface area (Å²) in [5.74, 6) is 4.78. The Balaban J connectivity index is 2.23. The van der Waals surface area contributed by atoms with E-state index in [0.717, 1.165) is 0 Å². The van der Waals surface area contributed by atoms with Crippen LogP contribution in [0.15, 0.2) is 36.5 Å². The van der Waals surface area contributed by atoms with Gasteiger partial charge < -0.3 is 10.7 Å². The molecule has 21 heavy (non-hydrogen) atoms. The molecule has 0 saturated heterocycles. The van der Waals surface area contributed by atoms with Gasteiger partial charge in [0.25, 0.3) is 11.6 Å². The molecule has 0 spiro atoms. The number of hydrazine groups is 1. The van der Waals surface area contributed by atoms with E-state index in [4.69, 9.17) is 5.84 Å². The highest BCUT2D eigenvalue weighted by Crippen LogP contribution is 2.22. The highest BCUT2D eigenvalue weighted by molar-refractivity contribution is 6.03. The number of carbonyl (C=O) groups is 1. The number of hydrogen-bond acceptors (Lipinski definition) is 6. The van der Waals surface area contributed by atoms with Crippen molar-refractivity contribution in [1.29, 1.82) is 0 Å². The number of benzene rings is 1. The summed E-state index contributed by atoms with van der Waals surface area (Å²) < 4.78 is 0. The normalized spacial score (nSPS) is 10.0. The standard InChI is InChI=1S/C13H13N5O3/c1-8-2-3-9(7-12(8)18(20)21)16-13(19)11-6-10(17-14)4-5-15-11/h2-7H,14H2,1H3,(H,15,17)(H,16,19). The number of nitro groups is 1. The molecule has 4 N–H and O–H groups in total. The lowest BCUT2D eigenvalue weighted by Gasteiger charge is -2.07. The summed E-state index contributed by atoms with van der Waals surface area (Å²) >= 11 is 0. The van der Waals surface area contributed by atoms with Crippen LogP contribution in [0, 0.1) is 17.0 Å². The van der Waals surface area contributed by atoms with Crippen molar-refractivity contribution in [2.75, 3.05) is 10.7 Å². The molecule has 2 rings (SSSR count). The van der Waals surface area contributed by atoms with Crippen molar-refractivity contribution in [1.82, 2.24) is 4.98 Å². The van der Waals surface area contributed by atoms with Crippen LogP contribution in [0.2, 0.25) is 0 Å². The first kappa shape index (κ1) is 14.4. The molecule has 1 aromatic heterocycles. The van der Waals surface area contributed by atoms with Gasteiger partial charge in [-0.1, -0.05) is 6.07 Å². The number of amides is 1. The molecule has 8 heteroatoms. The number of pyridine rings is 1. The molecule has 0 unspecified atom stereocenters. The minimum absolute atomic E-state index is 0.0573. The lowest BCUT2D eigenvalue weighted by molar-refractivity contribution is -0.385. The van der Waals surface area contributed by atoms with Crippen LogP contribution >= 0.6 is 0 Å². The smallest absolute Gasteiger partial charge is 0.274 e. The van der Waals surface area contributed by atoms with Gasteiger partial charge >= 0.3 is 0 Å². The predicted molar refractivity (Wildman–Crippen MR) is 77.8 cm³/mol. The molecule has 108 valence electrons. The Bertz CT molecular complexity index is 702. The minimum atomic E-state index is -0.498. The first-order valence-corrected chi connectivity index (χ1v) is 6.00. The third-order valence-electron chi connectivity index (χ3n) is 2.82. The summed E-state index contributed by atoms with van der Waals surface area (Å²) in [5.41, 5.74) is 3.87. The van der Waals surface area contributed by atoms with Crippen molar-refractivity contribution in [3.63, 3.8) is 0 Å². The predicted octanol–water partition coefficient (Wildman–Crippen LogP) is 1.84. The van der Waals surface area contributed by atoms with Gasteiger partial charge in [-0.05, 0) is 25.1 Å². The van der Waals surface area contributed by atoms with Crippen LogP contribution in [-0.2, 0) is 0 Å². The monoisotopic (exact) mass is 287 g/mol. The number of nitrogens with zero attached hydrogens (tertiary/aromatic N) is 2. The van der Waals surface area contributed by atoms with Gasteiger partial charge in [0, 0.05) is 23.5 Å². The van der Waals surface area contributed by atoms with Crippen molar-refractivity contribution >= 4 is 23.0 Å². The molecule has 0 fully saturated rings. The zero-order valence-corrected chi connectivity index (χ0v) is 11.2. The number of nitrogens with one attached hydrogen (secondary N) is 2. The lowest BCUT2D eigenvalue weighted by atomic mass is 10.2. The largest absolute Gasteiger partial charge is 0.324 e. The molecule has 1 heterocycles. The Labute approximate surface area is 120 Å². The van der Waals surface area contributed by atoms with E-state index in [1.165, 1.54) is 18.3 Å². The molecule has 1 amide bonds.